The van der Waals surface area contributed by atoms with Gasteiger partial charge in [0, 0.05) is 38.1 Å². The second-order valence-corrected chi connectivity index (χ2v) is 7.10. The van der Waals surface area contributed by atoms with Crippen molar-refractivity contribution in [3.8, 4) is 0 Å². The predicted octanol–water partition coefficient (Wildman–Crippen LogP) is 1.78. The van der Waals surface area contributed by atoms with Gasteiger partial charge < -0.3 is 19.1 Å². The minimum atomic E-state index is -0.000576. The van der Waals surface area contributed by atoms with Crippen molar-refractivity contribution in [3.63, 3.8) is 0 Å². The van der Waals surface area contributed by atoms with Crippen LogP contribution in [-0.4, -0.2) is 60.4 Å². The molecule has 1 aromatic heterocycles. The van der Waals surface area contributed by atoms with Gasteiger partial charge in [0.05, 0.1) is 25.4 Å². The van der Waals surface area contributed by atoms with Crippen molar-refractivity contribution in [2.45, 2.75) is 50.5 Å². The van der Waals surface area contributed by atoms with E-state index in [1.807, 2.05) is 12.1 Å². The first kappa shape index (κ1) is 16.9. The summed E-state index contributed by atoms with van der Waals surface area (Å²) in [5.74, 6) is 0.403. The largest absolute Gasteiger partial charge is 0.381 e. The molecule has 0 bridgehead atoms. The topological polar surface area (TPSA) is 60.9 Å². The van der Waals surface area contributed by atoms with Gasteiger partial charge in [-0.15, -0.1) is 0 Å². The number of rotatable bonds is 4. The maximum Gasteiger partial charge on any atom is 0.226 e. The molecule has 1 aromatic rings. The van der Waals surface area contributed by atoms with Gasteiger partial charge in [-0.1, -0.05) is 0 Å². The van der Waals surface area contributed by atoms with Gasteiger partial charge >= 0.3 is 0 Å². The fourth-order valence-electron chi connectivity index (χ4n) is 4.23. The molecule has 0 N–H and O–H groups in total. The first-order chi connectivity index (χ1) is 12.3. The van der Waals surface area contributed by atoms with E-state index in [9.17, 15) is 4.79 Å². The number of morpholine rings is 1. The lowest BCUT2D eigenvalue weighted by Crippen LogP contribution is -2.55. The number of aromatic nitrogens is 1. The van der Waals surface area contributed by atoms with Crippen LogP contribution in [0.2, 0.25) is 0 Å². The van der Waals surface area contributed by atoms with Crippen molar-refractivity contribution in [1.82, 2.24) is 9.88 Å². The fraction of sp³-hybridized carbons (Fsp3) is 0.684. The summed E-state index contributed by atoms with van der Waals surface area (Å²) < 4.78 is 17.5. The van der Waals surface area contributed by atoms with E-state index in [0.29, 0.717) is 33.0 Å². The van der Waals surface area contributed by atoms with E-state index in [1.54, 1.807) is 12.4 Å². The molecular weight excluding hydrogens is 320 g/mol. The van der Waals surface area contributed by atoms with E-state index in [0.717, 1.165) is 31.2 Å². The van der Waals surface area contributed by atoms with Crippen LogP contribution in [0.25, 0.3) is 0 Å². The molecule has 0 unspecified atom stereocenters. The first-order valence-corrected chi connectivity index (χ1v) is 9.33. The zero-order valence-electron chi connectivity index (χ0n) is 14.5. The Morgan fingerprint density at radius 1 is 1.16 bits per heavy atom. The number of hydrogen-bond donors (Lipinski definition) is 0. The van der Waals surface area contributed by atoms with Gasteiger partial charge in [0.1, 0.15) is 6.10 Å². The van der Waals surface area contributed by atoms with Gasteiger partial charge in [0.25, 0.3) is 0 Å². The van der Waals surface area contributed by atoms with Crippen molar-refractivity contribution >= 4 is 5.91 Å². The van der Waals surface area contributed by atoms with E-state index in [-0.39, 0.29) is 30.1 Å². The molecular formula is C19H26N2O4. The molecule has 2 saturated heterocycles. The van der Waals surface area contributed by atoms with Crippen molar-refractivity contribution in [2.75, 3.05) is 26.4 Å². The molecule has 4 rings (SSSR count). The third-order valence-electron chi connectivity index (χ3n) is 5.60. The number of carbonyl (C=O) groups is 1. The van der Waals surface area contributed by atoms with E-state index >= 15 is 0 Å². The van der Waals surface area contributed by atoms with Gasteiger partial charge in [-0.05, 0) is 43.4 Å². The van der Waals surface area contributed by atoms with Gasteiger partial charge in [0.15, 0.2) is 0 Å². The van der Waals surface area contributed by atoms with Crippen LogP contribution in [0, 0.1) is 5.92 Å². The zero-order valence-corrected chi connectivity index (χ0v) is 14.5. The molecule has 0 spiro atoms. The van der Waals surface area contributed by atoms with E-state index in [4.69, 9.17) is 14.2 Å². The molecule has 3 fully saturated rings. The first-order valence-electron chi connectivity index (χ1n) is 9.33. The van der Waals surface area contributed by atoms with Crippen LogP contribution < -0.4 is 0 Å². The van der Waals surface area contributed by atoms with E-state index in [1.165, 1.54) is 0 Å². The average molecular weight is 346 g/mol. The second-order valence-electron chi connectivity index (χ2n) is 7.10. The Morgan fingerprint density at radius 3 is 2.76 bits per heavy atom. The van der Waals surface area contributed by atoms with Gasteiger partial charge in [-0.3, -0.25) is 9.78 Å². The van der Waals surface area contributed by atoms with E-state index < -0.39 is 0 Å². The lowest BCUT2D eigenvalue weighted by Gasteiger charge is -2.41. The fourth-order valence-corrected chi connectivity index (χ4v) is 4.23. The Hall–Kier alpha value is -1.50. The van der Waals surface area contributed by atoms with Crippen molar-refractivity contribution in [2.24, 2.45) is 5.92 Å². The third kappa shape index (κ3) is 3.71. The number of hydrogen-bond acceptors (Lipinski definition) is 5. The summed E-state index contributed by atoms with van der Waals surface area (Å²) in [7, 11) is 0. The van der Waals surface area contributed by atoms with Crippen LogP contribution in [0.15, 0.2) is 24.5 Å². The highest BCUT2D eigenvalue weighted by Gasteiger charge is 2.46. The molecule has 2 aliphatic heterocycles. The third-order valence-corrected chi connectivity index (χ3v) is 5.60. The lowest BCUT2D eigenvalue weighted by molar-refractivity contribution is -0.158. The second kappa shape index (κ2) is 7.81. The summed E-state index contributed by atoms with van der Waals surface area (Å²) in [6, 6.07) is 4.09. The molecule has 3 atom stereocenters. The summed E-state index contributed by atoms with van der Waals surface area (Å²) in [5, 5.41) is 0. The van der Waals surface area contributed by atoms with Crippen molar-refractivity contribution < 1.29 is 19.0 Å². The summed E-state index contributed by atoms with van der Waals surface area (Å²) in [6.07, 6.45) is 7.20. The Bertz CT molecular complexity index is 576. The van der Waals surface area contributed by atoms with Crippen LogP contribution >= 0.6 is 0 Å². The average Bonchev–Trinajstić information content (AvgIpc) is 3.10. The number of pyridine rings is 1. The molecule has 1 saturated carbocycles. The number of amides is 1. The summed E-state index contributed by atoms with van der Waals surface area (Å²) in [5.41, 5.74) is 1.12. The minimum absolute atomic E-state index is 0.000576. The number of nitrogens with zero attached hydrogens (tertiary/aromatic N) is 2. The van der Waals surface area contributed by atoms with Crippen molar-refractivity contribution in [1.29, 1.82) is 0 Å². The molecule has 136 valence electrons. The van der Waals surface area contributed by atoms with Crippen LogP contribution in [0.4, 0.5) is 0 Å². The number of ether oxygens (including phenoxy) is 3. The molecule has 1 aliphatic carbocycles. The van der Waals surface area contributed by atoms with Gasteiger partial charge in [-0.2, -0.15) is 0 Å². The molecule has 3 aliphatic rings. The maximum atomic E-state index is 12.9. The Balaban J connectivity index is 1.37. The highest BCUT2D eigenvalue weighted by molar-refractivity contribution is 5.79. The summed E-state index contributed by atoms with van der Waals surface area (Å²) in [4.78, 5) is 19.0. The van der Waals surface area contributed by atoms with Crippen molar-refractivity contribution in [3.05, 3.63) is 30.1 Å². The highest BCUT2D eigenvalue weighted by atomic mass is 16.5. The Kier molecular flexibility index (Phi) is 5.29. The maximum absolute atomic E-state index is 12.9. The minimum Gasteiger partial charge on any atom is -0.381 e. The SMILES string of the molecule is O=C(C1CCOCC1)N1CCO[C@H]2[C@@H](OCc3ccncc3)CC[C@@H]21. The Labute approximate surface area is 148 Å². The smallest absolute Gasteiger partial charge is 0.226 e. The molecule has 1 amide bonds. The van der Waals surface area contributed by atoms with Gasteiger partial charge in [0.2, 0.25) is 5.91 Å². The number of carbonyl (C=O) groups excluding carboxylic acids is 1. The molecule has 0 radical (unpaired) electrons. The van der Waals surface area contributed by atoms with Gasteiger partial charge in [-0.25, -0.2) is 0 Å². The normalized spacial score (nSPS) is 30.2. The Morgan fingerprint density at radius 2 is 1.96 bits per heavy atom. The quantitative estimate of drug-likeness (QED) is 0.832. The van der Waals surface area contributed by atoms with Crippen LogP contribution in [0.5, 0.6) is 0 Å². The summed E-state index contributed by atoms with van der Waals surface area (Å²) >= 11 is 0. The lowest BCUT2D eigenvalue weighted by atomic mass is 9.97. The van der Waals surface area contributed by atoms with E-state index in [2.05, 4.69) is 9.88 Å². The highest BCUT2D eigenvalue weighted by Crippen LogP contribution is 2.34. The molecule has 6 heteroatoms. The monoisotopic (exact) mass is 346 g/mol. The zero-order chi connectivity index (χ0) is 17.1. The predicted molar refractivity (Wildman–Crippen MR) is 90.8 cm³/mol. The summed E-state index contributed by atoms with van der Waals surface area (Å²) in [6.45, 7) is 3.27. The van der Waals surface area contributed by atoms with Crippen LogP contribution in [0.1, 0.15) is 31.2 Å². The molecule has 0 aromatic carbocycles. The van der Waals surface area contributed by atoms with Crippen LogP contribution in [0.3, 0.4) is 0 Å². The molecule has 6 nitrogen and oxygen atoms in total. The molecule has 25 heavy (non-hydrogen) atoms. The van der Waals surface area contributed by atoms with Crippen LogP contribution in [-0.2, 0) is 25.6 Å². The molecule has 3 heterocycles. The number of fused-ring (bicyclic) bond motifs is 1. The standard InChI is InChI=1S/C19H26N2O4/c22-19(15-5-10-23-11-6-15)21-9-12-24-18-16(21)1-2-17(18)25-13-14-3-7-20-8-4-14/h3-4,7-8,15-18H,1-2,5-6,9-13H2/t16-,17-,18+/m0/s1.